The number of amides is 5. The number of rotatable bonds is 7. The van der Waals surface area contributed by atoms with Gasteiger partial charge in [-0.05, 0) is 72.5 Å². The summed E-state index contributed by atoms with van der Waals surface area (Å²) < 4.78 is 39.5. The molecule has 3 heterocycles. The summed E-state index contributed by atoms with van der Waals surface area (Å²) >= 11 is 0. The van der Waals surface area contributed by atoms with Crippen LogP contribution in [-0.4, -0.2) is 90.3 Å². The van der Waals surface area contributed by atoms with Gasteiger partial charge in [-0.15, -0.1) is 6.58 Å². The molecule has 0 unspecified atom stereocenters. The highest BCUT2D eigenvalue weighted by atomic mass is 32.2. The van der Waals surface area contributed by atoms with E-state index in [1.807, 2.05) is 39.0 Å². The lowest BCUT2D eigenvalue weighted by Crippen LogP contribution is -2.61. The standard InChI is InChI=1S/C41H55N5O9S/c1-5-28-21-41(28,36(49)44-56(52,53)30-15-16-30)43-34(47)32-20-29-23-46(32)35(48)33(40(4)18-8-6-9-19-40)42-37(50)54-25-39(2,3)17-10-7-12-26-13-11-14-27-22-45(24-31(26)27)38(51)55-29/h5,7,11-14,28-30,32-33H,1,6,8-10,15-25H2,2-4H3,(H,42,50)(H,43,47)(H,44,49)/t28-,29-,32+,33-,41-/m1/s1. The van der Waals surface area contributed by atoms with Crippen LogP contribution in [0.5, 0.6) is 0 Å². The molecule has 3 N–H and O–H groups in total. The topological polar surface area (TPSA) is 181 Å². The van der Waals surface area contributed by atoms with Crippen LogP contribution < -0.4 is 15.4 Å². The number of benzene rings is 1. The number of carbonyl (C=O) groups is 5. The van der Waals surface area contributed by atoms with Crippen LogP contribution in [0.25, 0.3) is 6.08 Å². The molecule has 304 valence electrons. The number of carbonyl (C=O) groups excluding carboxylic acids is 5. The average Bonchev–Trinajstić information content (AvgIpc) is 4.05. The number of ether oxygens (including phenoxy) is 2. The fourth-order valence-corrected chi connectivity index (χ4v) is 10.2. The Kier molecular flexibility index (Phi) is 10.8. The lowest BCUT2D eigenvalue weighted by atomic mass is 9.70. The van der Waals surface area contributed by atoms with E-state index in [0.717, 1.165) is 48.8 Å². The Balaban J connectivity index is 1.20. The van der Waals surface area contributed by atoms with Crippen LogP contribution in [-0.2, 0) is 47.0 Å². The molecule has 0 aromatic heterocycles. The number of sulfonamides is 1. The van der Waals surface area contributed by atoms with Crippen molar-refractivity contribution in [1.82, 2.24) is 25.2 Å². The molecule has 4 fully saturated rings. The van der Waals surface area contributed by atoms with Gasteiger partial charge in [0.05, 0.1) is 24.9 Å². The van der Waals surface area contributed by atoms with Crippen LogP contribution in [0.2, 0.25) is 0 Å². The molecule has 4 bridgehead atoms. The number of nitrogens with one attached hydrogen (secondary N) is 3. The molecule has 0 spiro atoms. The zero-order chi connectivity index (χ0) is 40.0. The van der Waals surface area contributed by atoms with Gasteiger partial charge in [0.25, 0.3) is 5.91 Å². The number of hydrogen-bond donors (Lipinski definition) is 3. The number of fused-ring (bicyclic) bond motifs is 3. The van der Waals surface area contributed by atoms with E-state index >= 15 is 0 Å². The molecule has 5 atom stereocenters. The molecule has 5 amide bonds. The molecule has 3 aliphatic heterocycles. The van der Waals surface area contributed by atoms with Gasteiger partial charge in [-0.25, -0.2) is 18.0 Å². The van der Waals surface area contributed by atoms with Gasteiger partial charge in [-0.2, -0.15) is 0 Å². The third-order valence-electron chi connectivity index (χ3n) is 12.7. The van der Waals surface area contributed by atoms with Crippen LogP contribution in [0.4, 0.5) is 9.59 Å². The molecule has 3 aliphatic carbocycles. The lowest BCUT2D eigenvalue weighted by Gasteiger charge is -2.42. The van der Waals surface area contributed by atoms with Crippen molar-refractivity contribution in [1.29, 1.82) is 0 Å². The highest BCUT2D eigenvalue weighted by Crippen LogP contribution is 2.46. The van der Waals surface area contributed by atoms with Crippen molar-refractivity contribution >= 4 is 46.0 Å². The van der Waals surface area contributed by atoms with Crippen molar-refractivity contribution in [3.8, 4) is 0 Å². The van der Waals surface area contributed by atoms with E-state index in [1.54, 1.807) is 4.90 Å². The highest BCUT2D eigenvalue weighted by molar-refractivity contribution is 7.91. The smallest absolute Gasteiger partial charge is 0.410 e. The SMILES string of the molecule is C=C[C@@H]1C[C@]1(NC(=O)[C@@H]1C[C@@H]2CN1C(=O)[C@H](C1(C)CCCCC1)NC(=O)OCC(C)(C)CCC=Cc1cccc3c1CN(C3)C(=O)O2)C(=O)NS(=O)(=O)C1CC1. The van der Waals surface area contributed by atoms with Gasteiger partial charge in [0.15, 0.2) is 0 Å². The number of alkyl carbamates (subject to hydrolysis) is 1. The second kappa shape index (κ2) is 15.2. The molecule has 56 heavy (non-hydrogen) atoms. The molecule has 3 saturated carbocycles. The summed E-state index contributed by atoms with van der Waals surface area (Å²) in [5, 5.41) is 5.04. The molecule has 14 nitrogen and oxygen atoms in total. The Morgan fingerprint density at radius 2 is 1.79 bits per heavy atom. The maximum atomic E-state index is 14.9. The van der Waals surface area contributed by atoms with E-state index in [1.165, 1.54) is 11.0 Å². The molecular weight excluding hydrogens is 739 g/mol. The minimum Gasteiger partial charge on any atom is -0.449 e. The molecular formula is C41H55N5O9S. The van der Waals surface area contributed by atoms with Gasteiger partial charge < -0.3 is 25.0 Å². The number of hydrogen-bond acceptors (Lipinski definition) is 9. The molecule has 1 aromatic rings. The van der Waals surface area contributed by atoms with Crippen LogP contribution in [0.1, 0.15) is 108 Å². The molecule has 15 heteroatoms. The average molecular weight is 794 g/mol. The third-order valence-corrected chi connectivity index (χ3v) is 14.5. The predicted octanol–water partition coefficient (Wildman–Crippen LogP) is 4.68. The van der Waals surface area contributed by atoms with Crippen LogP contribution in [0, 0.1) is 16.7 Å². The Hall–Kier alpha value is -4.40. The van der Waals surface area contributed by atoms with Crippen LogP contribution in [0.15, 0.2) is 36.9 Å². The number of nitrogens with zero attached hydrogens (tertiary/aromatic N) is 2. The molecule has 1 aromatic carbocycles. The summed E-state index contributed by atoms with van der Waals surface area (Å²) in [6.07, 6.45) is 9.86. The Bertz CT molecular complexity index is 1920. The predicted molar refractivity (Wildman–Crippen MR) is 207 cm³/mol. The van der Waals surface area contributed by atoms with E-state index < -0.39 is 80.2 Å². The van der Waals surface area contributed by atoms with Crippen LogP contribution in [0.3, 0.4) is 0 Å². The van der Waals surface area contributed by atoms with Gasteiger partial charge in [0, 0.05) is 18.9 Å². The quantitative estimate of drug-likeness (QED) is 0.331. The molecule has 6 aliphatic rings. The van der Waals surface area contributed by atoms with E-state index in [0.29, 0.717) is 38.8 Å². The van der Waals surface area contributed by atoms with Crippen molar-refractivity contribution < 1.29 is 41.9 Å². The first-order chi connectivity index (χ1) is 26.5. The van der Waals surface area contributed by atoms with Crippen molar-refractivity contribution in [3.05, 3.63) is 53.6 Å². The van der Waals surface area contributed by atoms with Crippen LogP contribution >= 0.6 is 0 Å². The van der Waals surface area contributed by atoms with Crippen molar-refractivity contribution in [2.24, 2.45) is 16.7 Å². The molecule has 0 radical (unpaired) electrons. The van der Waals surface area contributed by atoms with E-state index in [4.69, 9.17) is 9.47 Å². The Labute approximate surface area is 329 Å². The maximum absolute atomic E-state index is 14.9. The second-order valence-electron chi connectivity index (χ2n) is 17.7. The monoisotopic (exact) mass is 793 g/mol. The summed E-state index contributed by atoms with van der Waals surface area (Å²) in [5.74, 6) is -2.61. The first kappa shape index (κ1) is 39.8. The zero-order valence-corrected chi connectivity index (χ0v) is 33.5. The minimum atomic E-state index is -3.92. The van der Waals surface area contributed by atoms with Crippen molar-refractivity contribution in [3.63, 3.8) is 0 Å². The Morgan fingerprint density at radius 3 is 2.48 bits per heavy atom. The number of cyclic esters (lactones) is 1. The summed E-state index contributed by atoms with van der Waals surface area (Å²) in [6, 6.07) is 3.68. The summed E-state index contributed by atoms with van der Waals surface area (Å²) in [5.41, 5.74) is 0.415. The van der Waals surface area contributed by atoms with Crippen molar-refractivity contribution in [2.75, 3.05) is 13.2 Å². The fourth-order valence-electron chi connectivity index (χ4n) is 8.87. The molecule has 7 rings (SSSR count). The highest BCUT2D eigenvalue weighted by Gasteiger charge is 2.62. The first-order valence-electron chi connectivity index (χ1n) is 20.0. The minimum absolute atomic E-state index is 0.0724. The van der Waals surface area contributed by atoms with E-state index in [2.05, 4.69) is 34.1 Å². The summed E-state index contributed by atoms with van der Waals surface area (Å²) in [7, 11) is -3.92. The van der Waals surface area contributed by atoms with Crippen molar-refractivity contribution in [2.45, 2.75) is 133 Å². The van der Waals surface area contributed by atoms with E-state index in [-0.39, 0.29) is 31.4 Å². The Morgan fingerprint density at radius 1 is 1.04 bits per heavy atom. The second-order valence-corrected chi connectivity index (χ2v) is 19.7. The van der Waals surface area contributed by atoms with Gasteiger partial charge in [0.2, 0.25) is 21.8 Å². The molecule has 1 saturated heterocycles. The zero-order valence-electron chi connectivity index (χ0n) is 32.6. The van der Waals surface area contributed by atoms with Gasteiger partial charge in [-0.1, -0.05) is 76.5 Å². The number of allylic oxidation sites excluding steroid dienone is 1. The summed E-state index contributed by atoms with van der Waals surface area (Å²) in [4.78, 5) is 73.2. The normalized spacial score (nSPS) is 30.4. The summed E-state index contributed by atoms with van der Waals surface area (Å²) in [6.45, 7) is 10.5. The van der Waals surface area contributed by atoms with Gasteiger partial charge in [-0.3, -0.25) is 24.0 Å². The van der Waals surface area contributed by atoms with Gasteiger partial charge in [0.1, 0.15) is 23.7 Å². The lowest BCUT2D eigenvalue weighted by molar-refractivity contribution is -0.143. The maximum Gasteiger partial charge on any atom is 0.410 e. The third kappa shape index (κ3) is 8.19. The fraction of sp³-hybridized carbons (Fsp3) is 0.634. The van der Waals surface area contributed by atoms with Gasteiger partial charge >= 0.3 is 12.2 Å². The first-order valence-corrected chi connectivity index (χ1v) is 21.6. The largest absolute Gasteiger partial charge is 0.449 e. The van der Waals surface area contributed by atoms with E-state index in [9.17, 15) is 32.4 Å².